The van der Waals surface area contributed by atoms with Crippen LogP contribution >= 0.6 is 0 Å². The van der Waals surface area contributed by atoms with Gasteiger partial charge in [0.05, 0.1) is 18.4 Å². The predicted octanol–water partition coefficient (Wildman–Crippen LogP) is 1.38. The van der Waals surface area contributed by atoms with Gasteiger partial charge in [-0.3, -0.25) is 0 Å². The number of aromatic hydroxyl groups is 1. The molecule has 4 nitrogen and oxygen atoms in total. The van der Waals surface area contributed by atoms with E-state index in [0.717, 1.165) is 0 Å². The molecule has 1 aromatic carbocycles. The van der Waals surface area contributed by atoms with Crippen LogP contribution in [0.4, 0.5) is 5.69 Å². The van der Waals surface area contributed by atoms with E-state index >= 15 is 0 Å². The Labute approximate surface area is 82.3 Å². The van der Waals surface area contributed by atoms with Gasteiger partial charge in [-0.15, -0.1) is 0 Å². The van der Waals surface area contributed by atoms with E-state index in [1.807, 2.05) is 0 Å². The van der Waals surface area contributed by atoms with E-state index in [0.29, 0.717) is 16.7 Å². The lowest BCUT2D eigenvalue weighted by atomic mass is 10.0. The van der Waals surface area contributed by atoms with Crippen LogP contribution in [-0.2, 0) is 4.74 Å². The number of ether oxygens (including phenoxy) is 1. The van der Waals surface area contributed by atoms with Crippen LogP contribution in [0.1, 0.15) is 21.5 Å². The second-order valence-electron chi connectivity index (χ2n) is 3.12. The fourth-order valence-electron chi connectivity index (χ4n) is 1.39. The second-order valence-corrected chi connectivity index (χ2v) is 3.12. The first-order valence-corrected chi connectivity index (χ1v) is 4.16. The topological polar surface area (TPSA) is 72.5 Å². The van der Waals surface area contributed by atoms with Crippen molar-refractivity contribution in [3.63, 3.8) is 0 Å². The summed E-state index contributed by atoms with van der Waals surface area (Å²) in [4.78, 5) is 11.4. The molecule has 0 aliphatic carbocycles. The Hall–Kier alpha value is -1.71. The van der Waals surface area contributed by atoms with Gasteiger partial charge in [0.25, 0.3) is 0 Å². The zero-order valence-corrected chi connectivity index (χ0v) is 8.42. The molecule has 0 unspecified atom stereocenters. The molecule has 0 fully saturated rings. The Balaban J connectivity index is 3.44. The van der Waals surface area contributed by atoms with E-state index in [4.69, 9.17) is 5.73 Å². The molecule has 1 rings (SSSR count). The third-order valence-corrected chi connectivity index (χ3v) is 2.19. The summed E-state index contributed by atoms with van der Waals surface area (Å²) in [6.07, 6.45) is 0. The van der Waals surface area contributed by atoms with Crippen molar-refractivity contribution in [1.29, 1.82) is 0 Å². The number of nitrogen functional groups attached to an aromatic ring is 1. The van der Waals surface area contributed by atoms with Crippen molar-refractivity contribution in [3.8, 4) is 5.75 Å². The molecule has 3 N–H and O–H groups in total. The van der Waals surface area contributed by atoms with Crippen molar-refractivity contribution in [3.05, 3.63) is 22.8 Å². The average Bonchev–Trinajstić information content (AvgIpc) is 2.14. The Kier molecular flexibility index (Phi) is 2.65. The highest BCUT2D eigenvalue weighted by atomic mass is 16.5. The van der Waals surface area contributed by atoms with E-state index in [-0.39, 0.29) is 11.4 Å². The molecule has 0 bridgehead atoms. The number of hydrogen-bond acceptors (Lipinski definition) is 4. The van der Waals surface area contributed by atoms with Gasteiger partial charge in [-0.1, -0.05) is 0 Å². The number of carbonyl (C=O) groups is 1. The Morgan fingerprint density at radius 3 is 2.57 bits per heavy atom. The van der Waals surface area contributed by atoms with Crippen LogP contribution in [0.15, 0.2) is 6.07 Å². The largest absolute Gasteiger partial charge is 0.506 e. The lowest BCUT2D eigenvalue weighted by Gasteiger charge is -2.11. The third kappa shape index (κ3) is 1.51. The number of anilines is 1. The highest BCUT2D eigenvalue weighted by Gasteiger charge is 2.16. The van der Waals surface area contributed by atoms with Crippen LogP contribution in [-0.4, -0.2) is 18.2 Å². The molecule has 0 saturated heterocycles. The van der Waals surface area contributed by atoms with Gasteiger partial charge >= 0.3 is 5.97 Å². The normalized spacial score (nSPS) is 9.93. The molecule has 0 saturated carbocycles. The highest BCUT2D eigenvalue weighted by Crippen LogP contribution is 2.29. The smallest absolute Gasteiger partial charge is 0.338 e. The molecule has 0 aliphatic rings. The first-order chi connectivity index (χ1) is 6.49. The van der Waals surface area contributed by atoms with Crippen molar-refractivity contribution >= 4 is 11.7 Å². The molecule has 0 atom stereocenters. The van der Waals surface area contributed by atoms with Crippen molar-refractivity contribution in [2.24, 2.45) is 0 Å². The number of nitrogens with two attached hydrogens (primary N) is 1. The Morgan fingerprint density at radius 1 is 1.50 bits per heavy atom. The second kappa shape index (κ2) is 3.57. The summed E-state index contributed by atoms with van der Waals surface area (Å²) in [6, 6.07) is 1.45. The van der Waals surface area contributed by atoms with Gasteiger partial charge < -0.3 is 15.6 Å². The lowest BCUT2D eigenvalue weighted by molar-refractivity contribution is 0.0599. The molecular formula is C10H13NO3. The zero-order valence-electron chi connectivity index (χ0n) is 8.42. The summed E-state index contributed by atoms with van der Waals surface area (Å²) < 4.78 is 4.62. The maximum Gasteiger partial charge on any atom is 0.338 e. The van der Waals surface area contributed by atoms with Crippen molar-refractivity contribution in [1.82, 2.24) is 0 Å². The van der Waals surface area contributed by atoms with Gasteiger partial charge in [-0.05, 0) is 31.0 Å². The Bertz CT molecular complexity index is 385. The first kappa shape index (κ1) is 10.4. The van der Waals surface area contributed by atoms with Gasteiger partial charge in [0, 0.05) is 0 Å². The third-order valence-electron chi connectivity index (χ3n) is 2.19. The molecule has 0 radical (unpaired) electrons. The summed E-state index contributed by atoms with van der Waals surface area (Å²) in [5.74, 6) is -0.445. The minimum atomic E-state index is -0.438. The monoisotopic (exact) mass is 195 g/mol. The van der Waals surface area contributed by atoms with E-state index in [1.54, 1.807) is 13.8 Å². The maximum absolute atomic E-state index is 11.4. The van der Waals surface area contributed by atoms with E-state index in [2.05, 4.69) is 4.74 Å². The van der Waals surface area contributed by atoms with Crippen LogP contribution in [0.25, 0.3) is 0 Å². The predicted molar refractivity (Wildman–Crippen MR) is 53.3 cm³/mol. The number of phenolic OH excluding ortho intramolecular Hbond substituents is 1. The summed E-state index contributed by atoms with van der Waals surface area (Å²) in [5, 5.41) is 9.38. The fraction of sp³-hybridized carbons (Fsp3) is 0.300. The maximum atomic E-state index is 11.4. The number of benzene rings is 1. The van der Waals surface area contributed by atoms with Crippen LogP contribution in [0, 0.1) is 13.8 Å². The summed E-state index contributed by atoms with van der Waals surface area (Å²) >= 11 is 0. The van der Waals surface area contributed by atoms with Crippen LogP contribution < -0.4 is 5.73 Å². The van der Waals surface area contributed by atoms with Crippen LogP contribution in [0.3, 0.4) is 0 Å². The summed E-state index contributed by atoms with van der Waals surface area (Å²) in [7, 11) is 1.31. The summed E-state index contributed by atoms with van der Waals surface area (Å²) in [5.41, 5.74) is 7.43. The van der Waals surface area contributed by atoms with Crippen molar-refractivity contribution in [2.45, 2.75) is 13.8 Å². The molecular weight excluding hydrogens is 182 g/mol. The van der Waals surface area contributed by atoms with E-state index < -0.39 is 5.97 Å². The minimum absolute atomic E-state index is 0.00680. The van der Waals surface area contributed by atoms with Gasteiger partial charge in [-0.25, -0.2) is 4.79 Å². The molecule has 4 heteroatoms. The number of esters is 1. The number of methoxy groups -OCH3 is 1. The lowest BCUT2D eigenvalue weighted by Crippen LogP contribution is -2.08. The molecule has 1 aromatic rings. The number of rotatable bonds is 1. The minimum Gasteiger partial charge on any atom is -0.506 e. The first-order valence-electron chi connectivity index (χ1n) is 4.16. The SMILES string of the molecule is COC(=O)c1c(C)cc(O)c(N)c1C. The number of phenols is 1. The Morgan fingerprint density at radius 2 is 2.07 bits per heavy atom. The standard InChI is InChI=1S/C10H13NO3/c1-5-4-7(12)9(11)6(2)8(5)10(13)14-3/h4,12H,11H2,1-3H3. The van der Waals surface area contributed by atoms with Gasteiger partial charge in [0.15, 0.2) is 0 Å². The number of carbonyl (C=O) groups excluding carboxylic acids is 1. The van der Waals surface area contributed by atoms with Gasteiger partial charge in [-0.2, -0.15) is 0 Å². The highest BCUT2D eigenvalue weighted by molar-refractivity contribution is 5.95. The number of aryl methyl sites for hydroxylation is 1. The molecule has 0 aromatic heterocycles. The quantitative estimate of drug-likeness (QED) is 0.403. The summed E-state index contributed by atoms with van der Waals surface area (Å²) in [6.45, 7) is 3.40. The molecule has 76 valence electrons. The molecule has 0 aliphatic heterocycles. The average molecular weight is 195 g/mol. The molecule has 0 heterocycles. The van der Waals surface area contributed by atoms with E-state index in [1.165, 1.54) is 13.2 Å². The van der Waals surface area contributed by atoms with Crippen LogP contribution in [0.5, 0.6) is 5.75 Å². The van der Waals surface area contributed by atoms with Gasteiger partial charge in [0.2, 0.25) is 0 Å². The van der Waals surface area contributed by atoms with E-state index in [9.17, 15) is 9.90 Å². The zero-order chi connectivity index (χ0) is 10.9. The van der Waals surface area contributed by atoms with Crippen molar-refractivity contribution in [2.75, 3.05) is 12.8 Å². The molecule has 14 heavy (non-hydrogen) atoms. The molecule has 0 spiro atoms. The molecule has 0 amide bonds. The fourth-order valence-corrected chi connectivity index (χ4v) is 1.39. The van der Waals surface area contributed by atoms with Gasteiger partial charge in [0.1, 0.15) is 5.75 Å². The van der Waals surface area contributed by atoms with Crippen LogP contribution in [0.2, 0.25) is 0 Å². The number of hydrogen-bond donors (Lipinski definition) is 2. The van der Waals surface area contributed by atoms with Crippen molar-refractivity contribution < 1.29 is 14.6 Å².